The molecule has 0 aromatic heterocycles. The molecule has 0 heterocycles. The van der Waals surface area contributed by atoms with Gasteiger partial charge in [0, 0.05) is 10.2 Å². The molecule has 0 aliphatic carbocycles. The molecule has 1 N–H and O–H groups in total. The molecular formula is HFNa2O5S. The number of rotatable bonds is 1. The Morgan fingerprint density at radius 1 is 1.44 bits per heavy atom. The van der Waals surface area contributed by atoms with Crippen molar-refractivity contribution in [3.63, 3.8) is 0 Å². The van der Waals surface area contributed by atoms with Crippen molar-refractivity contribution < 1.29 is 85.9 Å². The molecule has 0 radical (unpaired) electrons. The molecule has 0 bridgehead atoms. The summed E-state index contributed by atoms with van der Waals surface area (Å²) in [5, 5.41) is 0. The average Bonchev–Trinajstić information content (AvgIpc) is 1.32. The Morgan fingerprint density at radius 2 is 1.56 bits per heavy atom. The van der Waals surface area contributed by atoms with E-state index >= 15 is 0 Å². The summed E-state index contributed by atoms with van der Waals surface area (Å²) in [5.41, 5.74) is 0. The third kappa shape index (κ3) is 17.8. The first-order valence-corrected chi connectivity index (χ1v) is 2.70. The molecular weight excluding hydrogens is 177 g/mol. The molecule has 46 valence electrons. The third-order valence-corrected chi connectivity index (χ3v) is 0.316. The molecule has 0 saturated carbocycles. The van der Waals surface area contributed by atoms with Gasteiger partial charge in [0.25, 0.3) is 0 Å². The summed E-state index contributed by atoms with van der Waals surface area (Å²) in [6.07, 6.45) is 0. The number of hydrogen-bond acceptors (Lipinski definition) is 4. The summed E-state index contributed by atoms with van der Waals surface area (Å²) in [6.45, 7) is 0. The van der Waals surface area contributed by atoms with E-state index in [1.807, 2.05) is 0 Å². The van der Waals surface area contributed by atoms with E-state index in [9.17, 15) is 4.53 Å². The first kappa shape index (κ1) is 17.1. The first-order valence-electron chi connectivity index (χ1n) is 1.00. The maximum absolute atomic E-state index is 10.2. The van der Waals surface area contributed by atoms with E-state index in [2.05, 4.69) is 0 Å². The molecule has 9 heteroatoms. The van der Waals surface area contributed by atoms with Crippen LogP contribution in [0.25, 0.3) is 0 Å². The van der Waals surface area contributed by atoms with Gasteiger partial charge in [0.1, 0.15) is 0 Å². The predicted octanol–water partition coefficient (Wildman–Crippen LogP) is -6.64. The van der Waals surface area contributed by atoms with Crippen LogP contribution in [0.5, 0.6) is 0 Å². The van der Waals surface area contributed by atoms with E-state index in [1.165, 1.54) is 0 Å². The SMILES string of the molecule is O=S([O-])([O-])(O)OF.[Na+].[Na+]. The molecule has 0 rings (SSSR count). The van der Waals surface area contributed by atoms with Gasteiger partial charge in [0.05, 0.1) is 0 Å². The van der Waals surface area contributed by atoms with E-state index in [0.717, 1.165) is 0 Å². The van der Waals surface area contributed by atoms with Gasteiger partial charge in [-0.3, -0.25) is 4.21 Å². The van der Waals surface area contributed by atoms with Crippen LogP contribution in [-0.4, -0.2) is 17.9 Å². The van der Waals surface area contributed by atoms with E-state index in [1.54, 1.807) is 4.39 Å². The van der Waals surface area contributed by atoms with Gasteiger partial charge in [-0.25, -0.2) is 0 Å². The Labute approximate surface area is 94.9 Å². The Balaban J connectivity index is -0.000000180. The normalized spacial score (nSPS) is 14.0. The fraction of sp³-hybridized carbons (Fsp3) is 0. The van der Waals surface area contributed by atoms with Crippen molar-refractivity contribution in [2.75, 3.05) is 0 Å². The topological polar surface area (TPSA) is 92.7 Å². The fourth-order valence-corrected chi connectivity index (χ4v) is 0. The first-order chi connectivity index (χ1) is 2.81. The van der Waals surface area contributed by atoms with Crippen molar-refractivity contribution in [2.45, 2.75) is 0 Å². The molecule has 9 heavy (non-hydrogen) atoms. The Morgan fingerprint density at radius 3 is 1.56 bits per heavy atom. The van der Waals surface area contributed by atoms with Gasteiger partial charge in [-0.2, -0.15) is 0 Å². The zero-order chi connectivity index (χ0) is 6.15. The maximum atomic E-state index is 10.2. The van der Waals surface area contributed by atoms with E-state index in [0.29, 0.717) is 0 Å². The molecule has 0 fully saturated rings. The number of halogens is 1. The second-order valence-corrected chi connectivity index (χ2v) is 2.31. The van der Waals surface area contributed by atoms with Crippen molar-refractivity contribution in [3.8, 4) is 0 Å². The fourth-order valence-electron chi connectivity index (χ4n) is 0. The summed E-state index contributed by atoms with van der Waals surface area (Å²) < 4.78 is 46.0. The van der Waals surface area contributed by atoms with Crippen LogP contribution in [0.3, 0.4) is 0 Å². The van der Waals surface area contributed by atoms with E-state index < -0.39 is 10.2 Å². The zero-order valence-corrected chi connectivity index (χ0v) is 9.68. The van der Waals surface area contributed by atoms with Crippen LogP contribution in [0.4, 0.5) is 4.53 Å². The standard InChI is InChI=1S/FH3O5S.2Na/c1-6-7(2,3,4)5;;/h(H3,2,3,4,5);;/q;2*+1/p-2. The van der Waals surface area contributed by atoms with Crippen molar-refractivity contribution in [1.29, 1.82) is 0 Å². The van der Waals surface area contributed by atoms with Crippen molar-refractivity contribution in [1.82, 2.24) is 0 Å². The van der Waals surface area contributed by atoms with Gasteiger partial charge in [0.15, 0.2) is 0 Å². The van der Waals surface area contributed by atoms with E-state index in [4.69, 9.17) is 17.9 Å². The van der Waals surface area contributed by atoms with Crippen LogP contribution >= 0.6 is 0 Å². The molecule has 0 aliphatic heterocycles. The summed E-state index contributed by atoms with van der Waals surface area (Å²) >= 11 is 0. The van der Waals surface area contributed by atoms with Gasteiger partial charge in [-0.1, -0.05) is 0 Å². The zero-order valence-electron chi connectivity index (χ0n) is 4.87. The minimum Gasteiger partial charge on any atom is -0.758 e. The second kappa shape index (κ2) is 4.73. The summed E-state index contributed by atoms with van der Waals surface area (Å²) in [4.78, 5) is 0. The molecule has 0 aromatic rings. The molecule has 0 aromatic carbocycles. The van der Waals surface area contributed by atoms with Crippen molar-refractivity contribution in [2.24, 2.45) is 0 Å². The van der Waals surface area contributed by atoms with Crippen molar-refractivity contribution in [3.05, 3.63) is 0 Å². The van der Waals surface area contributed by atoms with E-state index in [-0.39, 0.29) is 59.1 Å². The molecule has 5 nitrogen and oxygen atoms in total. The van der Waals surface area contributed by atoms with Gasteiger partial charge in [-0.15, -0.1) is 4.39 Å². The minimum absolute atomic E-state index is 0. The van der Waals surface area contributed by atoms with Crippen LogP contribution in [0.1, 0.15) is 0 Å². The summed E-state index contributed by atoms with van der Waals surface area (Å²) in [6, 6.07) is 0. The predicted molar refractivity (Wildman–Crippen MR) is 14.5 cm³/mol. The monoisotopic (exact) mass is 178 g/mol. The second-order valence-electron chi connectivity index (χ2n) is 0.769. The Hall–Kier alpha value is 1.92. The van der Waals surface area contributed by atoms with Gasteiger partial charge < -0.3 is 13.7 Å². The molecule has 0 aliphatic rings. The summed E-state index contributed by atoms with van der Waals surface area (Å²) in [5.74, 6) is 0. The molecule has 0 saturated heterocycles. The molecule has 0 spiro atoms. The largest absolute Gasteiger partial charge is 1.00 e. The summed E-state index contributed by atoms with van der Waals surface area (Å²) in [7, 11) is -6.78. The van der Waals surface area contributed by atoms with Crippen LogP contribution in [-0.2, 0) is 14.6 Å². The van der Waals surface area contributed by atoms with Crippen LogP contribution in [0.2, 0.25) is 0 Å². The molecule has 0 unspecified atom stereocenters. The van der Waals surface area contributed by atoms with Gasteiger partial charge >= 0.3 is 59.1 Å². The molecule has 0 atom stereocenters. The Bertz CT molecular complexity index is 116. The van der Waals surface area contributed by atoms with Crippen molar-refractivity contribution >= 4 is 10.2 Å². The maximum Gasteiger partial charge on any atom is 1.00 e. The van der Waals surface area contributed by atoms with Gasteiger partial charge in [0.2, 0.25) is 0 Å². The number of hydrogen-bond donors (Lipinski definition) is 1. The minimum atomic E-state index is -6.78. The van der Waals surface area contributed by atoms with Gasteiger partial charge in [-0.05, 0) is 4.53 Å². The van der Waals surface area contributed by atoms with Crippen LogP contribution in [0.15, 0.2) is 0 Å². The smallest absolute Gasteiger partial charge is 0.758 e. The quantitative estimate of drug-likeness (QED) is 0.403. The molecule has 0 amide bonds. The Kier molecular flexibility index (Phi) is 9.00. The average molecular weight is 178 g/mol. The van der Waals surface area contributed by atoms with Crippen LogP contribution < -0.4 is 59.1 Å². The third-order valence-electron chi connectivity index (χ3n) is 0.105. The van der Waals surface area contributed by atoms with Crippen LogP contribution in [0, 0.1) is 0 Å².